The molecule has 0 bridgehead atoms. The predicted octanol–water partition coefficient (Wildman–Crippen LogP) is 26.6. The summed E-state index contributed by atoms with van der Waals surface area (Å²) in [4.78, 5) is 27.3. The second-order valence-corrected chi connectivity index (χ2v) is 48.3. The molecule has 11 aliphatic rings. The minimum atomic E-state index is -1.98. The van der Waals surface area contributed by atoms with Crippen molar-refractivity contribution in [3.05, 3.63) is 198 Å². The van der Waals surface area contributed by atoms with E-state index in [0.29, 0.717) is 99.8 Å². The van der Waals surface area contributed by atoms with E-state index in [9.17, 15) is 81.1 Å². The molecule has 14 N–H and O–H groups in total. The Labute approximate surface area is 887 Å². The van der Waals surface area contributed by atoms with Gasteiger partial charge in [0.1, 0.15) is 115 Å². The molecular weight excluding hydrogens is 1880 g/mol. The molecule has 2 fully saturated rings. The van der Waals surface area contributed by atoms with Crippen molar-refractivity contribution in [2.75, 3.05) is 0 Å². The van der Waals surface area contributed by atoms with E-state index in [-0.39, 0.29) is 105 Å². The van der Waals surface area contributed by atoms with Gasteiger partial charge in [-0.05, 0) is 381 Å². The lowest BCUT2D eigenvalue weighted by Crippen LogP contribution is -2.74. The van der Waals surface area contributed by atoms with Crippen LogP contribution in [0.4, 0.5) is 0 Å². The number of phenols is 7. The van der Waals surface area contributed by atoms with Crippen molar-refractivity contribution in [3.63, 3.8) is 0 Å². The molecule has 22 nitrogen and oxygen atoms in total. The maximum absolute atomic E-state index is 14.4. The lowest BCUT2D eigenvalue weighted by atomic mass is 9.60. The lowest BCUT2D eigenvalue weighted by molar-refractivity contribution is -0.272. The van der Waals surface area contributed by atoms with Gasteiger partial charge in [0.2, 0.25) is 0 Å². The third-order valence-electron chi connectivity index (χ3n) is 34.6. The fourth-order valence-electron chi connectivity index (χ4n) is 26.0. The minimum absolute atomic E-state index is 0.00839. The molecular formula is C127H178O22. The second kappa shape index (κ2) is 46.6. The van der Waals surface area contributed by atoms with Crippen molar-refractivity contribution in [3.8, 4) is 69.0 Å². The van der Waals surface area contributed by atoms with Crippen LogP contribution in [-0.4, -0.2) is 152 Å². The SMILES string of the molecule is C=C(C)[C@@H]1CCC(C)=C[C@H]1c1c(O)cc(CCCCC)c(C(=O)OC2(C)CCC3=C(c4c(O)cc(CCCCC)cc4OC3(C)C)C2O)c1O.C=C(C)[C@@H]1CC[C@](C)(O)[C@H]2Oc3cc(CCCCC)cc(O)c3[C@@H]12.CCCCCc1cc(O)c2c(c1)OC(C)(C)C1(O)C(O)CC(C)=CC21O.CCCCCc1cc(O)c2c(c1)OC(C)(C)C1=C2C(=O)C(C)CC1.CCCCCc1cc(O)c2c(c1)OC(C)(C)[C@@H]1CC[C@](C)(O)[C@@H](O)[C@@H]21. The molecule has 818 valence electrons. The summed E-state index contributed by atoms with van der Waals surface area (Å²) >= 11 is 0. The number of aryl methyl sites for hydroxylation is 6. The van der Waals surface area contributed by atoms with E-state index in [2.05, 4.69) is 66.8 Å². The third kappa shape index (κ3) is 23.8. The number of fused-ring (bicyclic) bond motifs is 13. The smallest absolute Gasteiger partial charge is 0.342 e. The summed E-state index contributed by atoms with van der Waals surface area (Å²) in [5.41, 5.74) is 5.58. The summed E-state index contributed by atoms with van der Waals surface area (Å²) in [6.07, 6.45) is 31.5. The van der Waals surface area contributed by atoms with Crippen molar-refractivity contribution < 1.29 is 110 Å². The van der Waals surface area contributed by atoms with Crippen LogP contribution in [0.5, 0.6) is 69.0 Å². The third-order valence-corrected chi connectivity index (χ3v) is 34.6. The van der Waals surface area contributed by atoms with E-state index in [1.165, 1.54) is 25.7 Å². The number of phenolic OH excluding ortho intramolecular Hbond substituents is 7. The van der Waals surface area contributed by atoms with Gasteiger partial charge >= 0.3 is 5.97 Å². The van der Waals surface area contributed by atoms with Gasteiger partial charge in [-0.1, -0.05) is 167 Å². The van der Waals surface area contributed by atoms with Crippen LogP contribution < -0.4 is 23.7 Å². The van der Waals surface area contributed by atoms with E-state index in [4.69, 9.17) is 28.4 Å². The van der Waals surface area contributed by atoms with Crippen molar-refractivity contribution in [1.29, 1.82) is 0 Å². The van der Waals surface area contributed by atoms with Gasteiger partial charge in [0.25, 0.3) is 0 Å². The summed E-state index contributed by atoms with van der Waals surface area (Å²) in [6, 6.07) is 20.4. The molecule has 6 aromatic carbocycles. The number of esters is 1. The Morgan fingerprint density at radius 3 is 1.46 bits per heavy atom. The fraction of sp³-hybridized carbons (Fsp3) is 0.606. The molecule has 22 heteroatoms. The Hall–Kier alpha value is -9.78. The number of carbonyl (C=O) groups excluding carboxylic acids is 2. The van der Waals surface area contributed by atoms with Gasteiger partial charge in [0.05, 0.1) is 40.1 Å². The molecule has 16 atom stereocenters. The molecule has 6 unspecified atom stereocenters. The zero-order valence-corrected chi connectivity index (χ0v) is 93.5. The topological polar surface area (TPSA) is 373 Å². The van der Waals surface area contributed by atoms with Gasteiger partial charge in [-0.3, -0.25) is 4.79 Å². The first kappa shape index (κ1) is 116. The van der Waals surface area contributed by atoms with Crippen LogP contribution in [0.15, 0.2) is 125 Å². The molecule has 0 saturated heterocycles. The van der Waals surface area contributed by atoms with E-state index >= 15 is 0 Å². The minimum Gasteiger partial charge on any atom is -0.508 e. The monoisotopic (exact) mass is 2060 g/mol. The van der Waals surface area contributed by atoms with E-state index in [1.54, 1.807) is 58.9 Å². The first-order chi connectivity index (χ1) is 70.1. The van der Waals surface area contributed by atoms with Crippen LogP contribution in [0.3, 0.4) is 0 Å². The van der Waals surface area contributed by atoms with Crippen LogP contribution in [0, 0.1) is 23.7 Å². The molecule has 6 aliphatic carbocycles. The van der Waals surface area contributed by atoms with Gasteiger partial charge in [0, 0.05) is 57.4 Å². The van der Waals surface area contributed by atoms with Gasteiger partial charge in [-0.2, -0.15) is 0 Å². The summed E-state index contributed by atoms with van der Waals surface area (Å²) in [5.74, 6) is 2.25. The molecule has 149 heavy (non-hydrogen) atoms. The van der Waals surface area contributed by atoms with Crippen LogP contribution >= 0.6 is 0 Å². The van der Waals surface area contributed by atoms with E-state index in [1.807, 2.05) is 119 Å². The highest BCUT2D eigenvalue weighted by atomic mass is 16.6. The number of unbranched alkanes of at least 4 members (excludes halogenated alkanes) is 12. The Bertz CT molecular complexity index is 6010. The summed E-state index contributed by atoms with van der Waals surface area (Å²) in [5, 5.41) is 156. The van der Waals surface area contributed by atoms with Crippen molar-refractivity contribution >= 4 is 22.9 Å². The van der Waals surface area contributed by atoms with Gasteiger partial charge < -0.3 is 99.9 Å². The number of aromatic hydroxyl groups is 7. The standard InChI is InChI=1S/C43H58O7.C21H30O5.C21H32O4.C21H28O3.C21H30O3/c1-9-11-13-15-27-22-32(44)38-34(23-27)49-42(6,7)31-19-20-43(8,40(47)37(31)38)50-41(48)35-28(16-14-12-10-2)24-33(45)36(39(35)46)30-21-26(5)17-18-29(30)25(3)4;1-5-6-7-8-14-10-15(22)18-16(11-14)26-19(3,4)21(25)17(23)9-13(2)12-20(18,21)24;1-5-6-7-8-13-11-15(22)18-16(12-13)25-20(2,3)14-9-10-21(4,24)19(23)17(14)18;1-5-6-7-8-14-11-16(22)19-17(12-14)24-21(3,4)15-10-9-13(2)20(23)18(15)19;1-5-6-7-8-14-11-16(22)19-17(12-14)24-20-18(19)15(13(2)3)9-10-21(20,4)23/h21-24,29-30,40,44-47H,3,9-20H2,1-2,4-8H3;10-12,17,22-25H,5-9H2,1-4H3;11-12,14,17,19,22-24H,5-10H2,1-4H3;11-13,22H,5-10H2,1-4H3;11-12,15,18,20,22-23H,2,5-10H2,1,3-4H3/t29-,30+,40?,43?;;14-,17-,19+,21+;;15-,18+,20-,21-/m0.1.0/s1. The number of carbonyl (C=O) groups is 2. The van der Waals surface area contributed by atoms with Crippen LogP contribution in [-0.2, 0) is 53.7 Å². The average Bonchev–Trinajstić information content (AvgIpc) is 1.65. The Morgan fingerprint density at radius 1 is 0.463 bits per heavy atom. The lowest BCUT2D eigenvalue weighted by Gasteiger charge is -2.58. The predicted molar refractivity (Wildman–Crippen MR) is 589 cm³/mol. The molecule has 0 spiro atoms. The summed E-state index contributed by atoms with van der Waals surface area (Å²) in [7, 11) is 0. The maximum Gasteiger partial charge on any atom is 0.342 e. The molecule has 5 aliphatic heterocycles. The molecule has 17 rings (SSSR count). The highest BCUT2D eigenvalue weighted by molar-refractivity contribution is 6.25. The molecule has 2 saturated carbocycles. The zero-order valence-electron chi connectivity index (χ0n) is 93.5. The summed E-state index contributed by atoms with van der Waals surface area (Å²) in [6.45, 7) is 51.7. The van der Waals surface area contributed by atoms with Crippen LogP contribution in [0.2, 0.25) is 0 Å². The number of aliphatic hydroxyl groups is 7. The Morgan fingerprint density at radius 2 is 0.926 bits per heavy atom. The van der Waals surface area contributed by atoms with E-state index in [0.717, 1.165) is 233 Å². The van der Waals surface area contributed by atoms with Gasteiger partial charge in [-0.25, -0.2) is 4.79 Å². The first-order valence-electron chi connectivity index (χ1n) is 56.2. The van der Waals surface area contributed by atoms with Crippen molar-refractivity contribution in [2.24, 2.45) is 23.7 Å². The largest absolute Gasteiger partial charge is 0.508 e. The second-order valence-electron chi connectivity index (χ2n) is 48.3. The molecule has 0 radical (unpaired) electrons. The molecule has 0 amide bonds. The molecule has 5 heterocycles. The van der Waals surface area contributed by atoms with Crippen LogP contribution in [0.1, 0.15) is 433 Å². The number of Topliss-reactive ketones (excluding diaryl/α,β-unsaturated/α-hetero) is 1. The van der Waals surface area contributed by atoms with Crippen LogP contribution in [0.25, 0.3) is 11.1 Å². The number of hydrogen-bond donors (Lipinski definition) is 14. The zero-order chi connectivity index (χ0) is 109. The van der Waals surface area contributed by atoms with Gasteiger partial charge in [0.15, 0.2) is 17.0 Å². The van der Waals surface area contributed by atoms with Crippen molar-refractivity contribution in [1.82, 2.24) is 0 Å². The number of ketones is 1. The highest BCUT2D eigenvalue weighted by Gasteiger charge is 2.70. The fourth-order valence-corrected chi connectivity index (χ4v) is 26.0. The maximum atomic E-state index is 14.4. The molecule has 0 aromatic heterocycles. The molecule has 6 aromatic rings. The van der Waals surface area contributed by atoms with Crippen molar-refractivity contribution in [2.45, 2.75) is 470 Å². The number of allylic oxidation sites excluding steroid dienone is 5. The van der Waals surface area contributed by atoms with Gasteiger partial charge in [-0.15, -0.1) is 0 Å². The Kier molecular flexibility index (Phi) is 36.4. The number of hydrogen-bond acceptors (Lipinski definition) is 22. The first-order valence-corrected chi connectivity index (χ1v) is 56.2. The number of rotatable bonds is 29. The summed E-state index contributed by atoms with van der Waals surface area (Å²) < 4.78 is 37.5. The number of ether oxygens (including phenoxy) is 6. The average molecular weight is 2060 g/mol. The number of aliphatic hydroxyl groups excluding tert-OH is 3. The Balaban J connectivity index is 0.000000162. The highest BCUT2D eigenvalue weighted by Crippen LogP contribution is 2.63. The van der Waals surface area contributed by atoms with E-state index < -0.39 is 74.7 Å². The number of benzene rings is 6. The normalized spacial score (nSPS) is 27.9. The quantitative estimate of drug-likeness (QED) is 0.0118.